The van der Waals surface area contributed by atoms with Gasteiger partial charge in [-0.1, -0.05) is 23.7 Å². The Morgan fingerprint density at radius 3 is 2.94 bits per heavy atom. The number of ether oxygens (including phenoxy) is 1. The maximum atomic E-state index is 11.4. The molecule has 0 radical (unpaired) electrons. The largest absolute Gasteiger partial charge is 0.465 e. The van der Waals surface area contributed by atoms with E-state index in [-0.39, 0.29) is 6.73 Å². The summed E-state index contributed by atoms with van der Waals surface area (Å²) in [6, 6.07) is 5.57. The molecule has 1 N–H and O–H groups in total. The molecule has 0 aromatic heterocycles. The molecule has 1 aromatic rings. The second-order valence-electron chi connectivity index (χ2n) is 3.30. The van der Waals surface area contributed by atoms with Crippen LogP contribution in [-0.2, 0) is 9.53 Å². The minimum atomic E-state index is -1.20. The molecule has 0 aliphatic carbocycles. The standard InChI is InChI=1S/C10H8ClNO4/c11-7-3-1-2-6(4-7)8-9(13)16-5-12(8)10(14)15/h1-4,8H,5H2,(H,14,15)/t8-/m0/s1. The van der Waals surface area contributed by atoms with Crippen LogP contribution in [-0.4, -0.2) is 28.8 Å². The van der Waals surface area contributed by atoms with Crippen LogP contribution in [0.1, 0.15) is 11.6 Å². The molecule has 1 heterocycles. The van der Waals surface area contributed by atoms with Crippen molar-refractivity contribution in [1.29, 1.82) is 0 Å². The van der Waals surface area contributed by atoms with Crippen molar-refractivity contribution in [2.24, 2.45) is 0 Å². The zero-order valence-electron chi connectivity index (χ0n) is 8.09. The van der Waals surface area contributed by atoms with Gasteiger partial charge in [0.15, 0.2) is 12.8 Å². The number of amides is 1. The van der Waals surface area contributed by atoms with Crippen molar-refractivity contribution in [1.82, 2.24) is 4.90 Å². The van der Waals surface area contributed by atoms with Crippen molar-refractivity contribution in [3.8, 4) is 0 Å². The van der Waals surface area contributed by atoms with Gasteiger partial charge in [0.05, 0.1) is 0 Å². The second-order valence-corrected chi connectivity index (χ2v) is 3.74. The van der Waals surface area contributed by atoms with Gasteiger partial charge in [0.25, 0.3) is 0 Å². The molecule has 16 heavy (non-hydrogen) atoms. The number of carbonyl (C=O) groups is 2. The first-order valence-electron chi connectivity index (χ1n) is 4.51. The third-order valence-corrected chi connectivity index (χ3v) is 2.53. The summed E-state index contributed by atoms with van der Waals surface area (Å²) < 4.78 is 4.70. The summed E-state index contributed by atoms with van der Waals surface area (Å²) in [4.78, 5) is 23.2. The van der Waals surface area contributed by atoms with Gasteiger partial charge < -0.3 is 9.84 Å². The van der Waals surface area contributed by atoms with E-state index >= 15 is 0 Å². The predicted octanol–water partition coefficient (Wildman–Crippen LogP) is 1.88. The Bertz CT molecular complexity index is 448. The van der Waals surface area contributed by atoms with Gasteiger partial charge >= 0.3 is 12.1 Å². The first-order valence-corrected chi connectivity index (χ1v) is 4.89. The van der Waals surface area contributed by atoms with Gasteiger partial charge in [-0.3, -0.25) is 4.90 Å². The van der Waals surface area contributed by atoms with E-state index in [4.69, 9.17) is 21.4 Å². The topological polar surface area (TPSA) is 66.8 Å². The van der Waals surface area contributed by atoms with Crippen molar-refractivity contribution in [3.05, 3.63) is 34.9 Å². The Kier molecular flexibility index (Phi) is 2.70. The molecule has 1 fully saturated rings. The number of hydrogen-bond acceptors (Lipinski definition) is 3. The number of benzene rings is 1. The molecule has 1 amide bonds. The van der Waals surface area contributed by atoms with Crippen LogP contribution < -0.4 is 0 Å². The van der Waals surface area contributed by atoms with Gasteiger partial charge in [-0.05, 0) is 17.7 Å². The summed E-state index contributed by atoms with van der Waals surface area (Å²) >= 11 is 5.78. The summed E-state index contributed by atoms with van der Waals surface area (Å²) in [5.41, 5.74) is 0.511. The third kappa shape index (κ3) is 1.81. The Morgan fingerprint density at radius 2 is 2.31 bits per heavy atom. The average Bonchev–Trinajstić information content (AvgIpc) is 2.60. The molecule has 0 unspecified atom stereocenters. The number of carbonyl (C=O) groups excluding carboxylic acids is 1. The average molecular weight is 242 g/mol. The molecule has 0 saturated carbocycles. The number of esters is 1. The molecule has 1 aliphatic rings. The molecule has 0 bridgehead atoms. The van der Waals surface area contributed by atoms with Gasteiger partial charge in [-0.2, -0.15) is 0 Å². The van der Waals surface area contributed by atoms with Gasteiger partial charge in [0, 0.05) is 5.02 Å². The summed E-state index contributed by atoms with van der Waals surface area (Å²) in [6.07, 6.45) is -1.20. The third-order valence-electron chi connectivity index (χ3n) is 2.29. The van der Waals surface area contributed by atoms with Crippen molar-refractivity contribution in [2.45, 2.75) is 6.04 Å². The Morgan fingerprint density at radius 1 is 1.56 bits per heavy atom. The minimum absolute atomic E-state index is 0.245. The van der Waals surface area contributed by atoms with E-state index in [9.17, 15) is 9.59 Å². The van der Waals surface area contributed by atoms with Crippen LogP contribution in [0.25, 0.3) is 0 Å². The Hall–Kier alpha value is -1.75. The number of carboxylic acid groups (broad SMARTS) is 1. The zero-order chi connectivity index (χ0) is 11.7. The molecule has 1 aliphatic heterocycles. The fourth-order valence-corrected chi connectivity index (χ4v) is 1.77. The van der Waals surface area contributed by atoms with E-state index in [2.05, 4.69) is 0 Å². The number of cyclic esters (lactones) is 1. The normalized spacial score (nSPS) is 19.7. The minimum Gasteiger partial charge on any atom is -0.465 e. The predicted molar refractivity (Wildman–Crippen MR) is 55.0 cm³/mol. The van der Waals surface area contributed by atoms with E-state index in [1.54, 1.807) is 24.3 Å². The molecule has 1 atom stereocenters. The van der Waals surface area contributed by atoms with E-state index in [0.717, 1.165) is 4.90 Å². The highest BCUT2D eigenvalue weighted by Crippen LogP contribution is 2.28. The van der Waals surface area contributed by atoms with Crippen LogP contribution in [0.15, 0.2) is 24.3 Å². The highest BCUT2D eigenvalue weighted by Gasteiger charge is 2.39. The summed E-state index contributed by atoms with van der Waals surface area (Å²) in [5, 5.41) is 9.34. The molecule has 84 valence electrons. The zero-order valence-corrected chi connectivity index (χ0v) is 8.85. The molecule has 1 saturated heterocycles. The SMILES string of the molecule is O=C1OCN(C(=O)O)[C@H]1c1cccc(Cl)c1. The lowest BCUT2D eigenvalue weighted by Crippen LogP contribution is -2.30. The smallest absolute Gasteiger partial charge is 0.411 e. The van der Waals surface area contributed by atoms with E-state index in [1.165, 1.54) is 0 Å². The van der Waals surface area contributed by atoms with E-state index < -0.39 is 18.1 Å². The van der Waals surface area contributed by atoms with E-state index in [0.29, 0.717) is 10.6 Å². The molecule has 1 aromatic carbocycles. The van der Waals surface area contributed by atoms with Gasteiger partial charge in [-0.15, -0.1) is 0 Å². The van der Waals surface area contributed by atoms with Crippen LogP contribution >= 0.6 is 11.6 Å². The van der Waals surface area contributed by atoms with Crippen LogP contribution in [0.5, 0.6) is 0 Å². The highest BCUT2D eigenvalue weighted by atomic mass is 35.5. The molecule has 0 spiro atoms. The van der Waals surface area contributed by atoms with Gasteiger partial charge in [0.2, 0.25) is 0 Å². The first kappa shape index (κ1) is 10.8. The Labute approximate surface area is 96.2 Å². The van der Waals surface area contributed by atoms with Gasteiger partial charge in [0.1, 0.15) is 0 Å². The fraction of sp³-hybridized carbons (Fsp3) is 0.200. The number of hydrogen-bond donors (Lipinski definition) is 1. The molecule has 2 rings (SSSR count). The second kappa shape index (κ2) is 4.02. The lowest BCUT2D eigenvalue weighted by atomic mass is 10.1. The Balaban J connectivity index is 2.37. The highest BCUT2D eigenvalue weighted by molar-refractivity contribution is 6.30. The van der Waals surface area contributed by atoms with Crippen molar-refractivity contribution in [2.75, 3.05) is 6.73 Å². The van der Waals surface area contributed by atoms with Crippen LogP contribution in [0.4, 0.5) is 4.79 Å². The maximum absolute atomic E-state index is 11.4. The lowest BCUT2D eigenvalue weighted by molar-refractivity contribution is -0.139. The molecule has 6 heteroatoms. The number of nitrogens with zero attached hydrogens (tertiary/aromatic N) is 1. The molecular formula is C10H8ClNO4. The molecular weight excluding hydrogens is 234 g/mol. The maximum Gasteiger partial charge on any atom is 0.411 e. The lowest BCUT2D eigenvalue weighted by Gasteiger charge is -2.16. The number of halogens is 1. The first-order chi connectivity index (χ1) is 7.59. The summed E-state index contributed by atoms with van der Waals surface area (Å²) in [7, 11) is 0. The molecule has 5 nitrogen and oxygen atoms in total. The van der Waals surface area contributed by atoms with Crippen molar-refractivity contribution < 1.29 is 19.4 Å². The quantitative estimate of drug-likeness (QED) is 0.763. The monoisotopic (exact) mass is 241 g/mol. The van der Waals surface area contributed by atoms with Crippen LogP contribution in [0, 0.1) is 0 Å². The fourth-order valence-electron chi connectivity index (χ4n) is 1.57. The van der Waals surface area contributed by atoms with E-state index in [1.807, 2.05) is 0 Å². The summed E-state index contributed by atoms with van der Waals surface area (Å²) in [6.45, 7) is -0.245. The number of rotatable bonds is 1. The van der Waals surface area contributed by atoms with Crippen molar-refractivity contribution >= 4 is 23.7 Å². The van der Waals surface area contributed by atoms with Crippen LogP contribution in [0.2, 0.25) is 5.02 Å². The van der Waals surface area contributed by atoms with Gasteiger partial charge in [-0.25, -0.2) is 9.59 Å². The van der Waals surface area contributed by atoms with Crippen LogP contribution in [0.3, 0.4) is 0 Å². The van der Waals surface area contributed by atoms with Crippen molar-refractivity contribution in [3.63, 3.8) is 0 Å². The summed E-state index contributed by atoms with van der Waals surface area (Å²) in [5.74, 6) is -0.579.